The summed E-state index contributed by atoms with van der Waals surface area (Å²) in [6, 6.07) is 2.02. The van der Waals surface area contributed by atoms with Crippen LogP contribution < -0.4 is 5.32 Å². The molecule has 0 spiro atoms. The lowest BCUT2D eigenvalue weighted by molar-refractivity contribution is -0.135. The van der Waals surface area contributed by atoms with Crippen LogP contribution in [0, 0.1) is 19.8 Å². The van der Waals surface area contributed by atoms with Crippen LogP contribution in [0.25, 0.3) is 0 Å². The van der Waals surface area contributed by atoms with E-state index in [0.29, 0.717) is 5.91 Å². The molecule has 2 fully saturated rings. The van der Waals surface area contributed by atoms with E-state index in [-0.39, 0.29) is 11.8 Å². The van der Waals surface area contributed by atoms with Gasteiger partial charge in [-0.2, -0.15) is 0 Å². The summed E-state index contributed by atoms with van der Waals surface area (Å²) in [7, 11) is 0. The number of nitrogens with one attached hydrogen (secondary N) is 1. The molecule has 1 atom stereocenters. The number of likely N-dealkylation sites (tertiary alicyclic amines) is 1. The summed E-state index contributed by atoms with van der Waals surface area (Å²) >= 11 is 1.61. The van der Waals surface area contributed by atoms with Gasteiger partial charge in [0.25, 0.3) is 0 Å². The van der Waals surface area contributed by atoms with Gasteiger partial charge in [-0.1, -0.05) is 19.3 Å². The topological polar surface area (TPSA) is 71.0 Å². The number of aromatic nitrogens is 3. The van der Waals surface area contributed by atoms with Crippen molar-refractivity contribution in [1.29, 1.82) is 0 Å². The van der Waals surface area contributed by atoms with Gasteiger partial charge in [-0.3, -0.25) is 4.79 Å². The van der Waals surface area contributed by atoms with E-state index in [0.717, 1.165) is 59.7 Å². The Morgan fingerprint density at radius 1 is 1.19 bits per heavy atom. The first-order chi connectivity index (χ1) is 13.1. The van der Waals surface area contributed by atoms with Crippen LogP contribution in [0.5, 0.6) is 0 Å². The molecule has 0 bridgehead atoms. The monoisotopic (exact) mass is 385 g/mol. The molecule has 1 aliphatic heterocycles. The minimum Gasteiger partial charge on any atom is -0.342 e. The number of amides is 1. The fourth-order valence-electron chi connectivity index (χ4n) is 4.20. The third-order valence-electron chi connectivity index (χ3n) is 5.59. The van der Waals surface area contributed by atoms with Crippen LogP contribution in [0.1, 0.15) is 60.8 Å². The highest BCUT2D eigenvalue weighted by Gasteiger charge is 2.32. The Bertz CT molecular complexity index is 814. The van der Waals surface area contributed by atoms with Gasteiger partial charge >= 0.3 is 0 Å². The second-order valence-electron chi connectivity index (χ2n) is 7.73. The van der Waals surface area contributed by atoms with Gasteiger partial charge in [0.1, 0.15) is 11.6 Å². The lowest BCUT2D eigenvalue weighted by Crippen LogP contribution is -2.35. The normalized spacial score (nSPS) is 20.8. The molecule has 2 aromatic rings. The van der Waals surface area contributed by atoms with Crippen molar-refractivity contribution < 1.29 is 4.79 Å². The van der Waals surface area contributed by atoms with E-state index in [1.165, 1.54) is 19.3 Å². The molecule has 7 heteroatoms. The highest BCUT2D eigenvalue weighted by Crippen LogP contribution is 2.32. The van der Waals surface area contributed by atoms with Crippen LogP contribution in [0.4, 0.5) is 10.9 Å². The molecule has 1 saturated heterocycles. The Morgan fingerprint density at radius 2 is 2.00 bits per heavy atom. The van der Waals surface area contributed by atoms with Crippen LogP contribution >= 0.6 is 11.3 Å². The van der Waals surface area contributed by atoms with Crippen molar-refractivity contribution in [2.24, 2.45) is 5.92 Å². The molecule has 0 radical (unpaired) electrons. The molecule has 4 rings (SSSR count). The molecule has 1 saturated carbocycles. The molecule has 144 valence electrons. The van der Waals surface area contributed by atoms with E-state index in [2.05, 4.69) is 25.2 Å². The van der Waals surface area contributed by atoms with Crippen molar-refractivity contribution in [3.63, 3.8) is 0 Å². The van der Waals surface area contributed by atoms with Gasteiger partial charge in [-0.25, -0.2) is 15.0 Å². The predicted octanol–water partition coefficient (Wildman–Crippen LogP) is 4.19. The molecule has 27 heavy (non-hydrogen) atoms. The lowest BCUT2D eigenvalue weighted by Gasteiger charge is -2.26. The summed E-state index contributed by atoms with van der Waals surface area (Å²) in [5.74, 6) is 2.43. The first kappa shape index (κ1) is 18.3. The number of anilines is 2. The Kier molecular flexibility index (Phi) is 5.38. The first-order valence-electron chi connectivity index (χ1n) is 9.92. The van der Waals surface area contributed by atoms with Gasteiger partial charge in [0.15, 0.2) is 5.13 Å². The zero-order chi connectivity index (χ0) is 18.8. The largest absolute Gasteiger partial charge is 0.342 e. The predicted molar refractivity (Wildman–Crippen MR) is 107 cm³/mol. The maximum absolute atomic E-state index is 12.8. The maximum Gasteiger partial charge on any atom is 0.225 e. The van der Waals surface area contributed by atoms with Crippen molar-refractivity contribution in [2.45, 2.75) is 58.3 Å². The van der Waals surface area contributed by atoms with Gasteiger partial charge in [-0.15, -0.1) is 11.3 Å². The van der Waals surface area contributed by atoms with Crippen molar-refractivity contribution in [3.8, 4) is 0 Å². The Morgan fingerprint density at radius 3 is 2.74 bits per heavy atom. The number of thiazole rings is 1. The standard InChI is InChI=1S/C20H27N5OS/c1-13-11-21-20(27-13)24-18-10-17(22-14(2)23-18)16-8-9-25(12-16)19(26)15-6-4-3-5-7-15/h10-11,15-16H,3-9,12H2,1-2H3,(H,21,22,23,24)/t16-/m1/s1. The Hall–Kier alpha value is -2.02. The SMILES string of the molecule is Cc1nc(Nc2ncc(C)s2)cc([C@@H]2CCN(C(=O)C3CCCCC3)C2)n1. The summed E-state index contributed by atoms with van der Waals surface area (Å²) in [4.78, 5) is 29.6. The smallest absolute Gasteiger partial charge is 0.225 e. The Labute approximate surface area is 164 Å². The zero-order valence-corrected chi connectivity index (χ0v) is 16.9. The minimum atomic E-state index is 0.245. The second-order valence-corrected chi connectivity index (χ2v) is 8.97. The van der Waals surface area contributed by atoms with Crippen LogP contribution in [-0.2, 0) is 4.79 Å². The molecule has 1 aliphatic carbocycles. The van der Waals surface area contributed by atoms with Crippen molar-refractivity contribution >= 4 is 28.2 Å². The second kappa shape index (κ2) is 7.92. The number of nitrogens with zero attached hydrogens (tertiary/aromatic N) is 4. The molecule has 3 heterocycles. The summed E-state index contributed by atoms with van der Waals surface area (Å²) in [5, 5.41) is 4.14. The minimum absolute atomic E-state index is 0.245. The van der Waals surface area contributed by atoms with E-state index >= 15 is 0 Å². The number of aryl methyl sites for hydroxylation is 2. The van der Waals surface area contributed by atoms with Crippen molar-refractivity contribution in [1.82, 2.24) is 19.9 Å². The highest BCUT2D eigenvalue weighted by atomic mass is 32.1. The molecule has 2 aromatic heterocycles. The van der Waals surface area contributed by atoms with E-state index in [9.17, 15) is 4.79 Å². The number of carbonyl (C=O) groups is 1. The van der Waals surface area contributed by atoms with E-state index in [4.69, 9.17) is 0 Å². The van der Waals surface area contributed by atoms with Gasteiger partial charge in [-0.05, 0) is 33.1 Å². The van der Waals surface area contributed by atoms with Crippen LogP contribution in [0.15, 0.2) is 12.3 Å². The lowest BCUT2D eigenvalue weighted by atomic mass is 9.88. The van der Waals surface area contributed by atoms with E-state index < -0.39 is 0 Å². The molecule has 6 nitrogen and oxygen atoms in total. The molecule has 1 amide bonds. The average Bonchev–Trinajstić information content (AvgIpc) is 3.31. The highest BCUT2D eigenvalue weighted by molar-refractivity contribution is 7.15. The van der Waals surface area contributed by atoms with Crippen molar-refractivity contribution in [3.05, 3.63) is 28.7 Å². The van der Waals surface area contributed by atoms with E-state index in [1.54, 1.807) is 11.3 Å². The number of hydrogen-bond acceptors (Lipinski definition) is 6. The summed E-state index contributed by atoms with van der Waals surface area (Å²) < 4.78 is 0. The summed E-state index contributed by atoms with van der Waals surface area (Å²) in [6.45, 7) is 5.58. The molecule has 0 unspecified atom stereocenters. The fraction of sp³-hybridized carbons (Fsp3) is 0.600. The van der Waals surface area contributed by atoms with Gasteiger partial charge in [0.05, 0.1) is 5.69 Å². The Balaban J connectivity index is 1.44. The van der Waals surface area contributed by atoms with Crippen LogP contribution in [0.2, 0.25) is 0 Å². The number of carbonyl (C=O) groups excluding carboxylic acids is 1. The first-order valence-corrected chi connectivity index (χ1v) is 10.7. The number of hydrogen-bond donors (Lipinski definition) is 1. The van der Waals surface area contributed by atoms with Gasteiger partial charge in [0, 0.05) is 42.1 Å². The van der Waals surface area contributed by atoms with Gasteiger partial charge in [0.2, 0.25) is 5.91 Å². The van der Waals surface area contributed by atoms with Crippen LogP contribution in [-0.4, -0.2) is 38.8 Å². The quantitative estimate of drug-likeness (QED) is 0.854. The summed E-state index contributed by atoms with van der Waals surface area (Å²) in [6.07, 6.45) is 8.63. The maximum atomic E-state index is 12.8. The molecule has 2 aliphatic rings. The molecular formula is C20H27N5OS. The van der Waals surface area contributed by atoms with Gasteiger partial charge < -0.3 is 10.2 Å². The molecule has 1 N–H and O–H groups in total. The third-order valence-corrected chi connectivity index (χ3v) is 6.41. The van der Waals surface area contributed by atoms with Crippen molar-refractivity contribution in [2.75, 3.05) is 18.4 Å². The van der Waals surface area contributed by atoms with Crippen LogP contribution in [0.3, 0.4) is 0 Å². The fourth-order valence-corrected chi connectivity index (χ4v) is 4.87. The molecule has 0 aromatic carbocycles. The zero-order valence-electron chi connectivity index (χ0n) is 16.1. The average molecular weight is 386 g/mol. The molecular weight excluding hydrogens is 358 g/mol. The number of rotatable bonds is 4. The van der Waals surface area contributed by atoms with E-state index in [1.807, 2.05) is 26.1 Å². The summed E-state index contributed by atoms with van der Waals surface area (Å²) in [5.41, 5.74) is 1.03. The third kappa shape index (κ3) is 4.29.